The Kier molecular flexibility index (Phi) is 6.27. The molecule has 1 rings (SSSR count). The Balaban J connectivity index is 2.77. The predicted molar refractivity (Wildman–Crippen MR) is 82.2 cm³/mol. The van der Waals surface area contributed by atoms with Crippen molar-refractivity contribution in [3.05, 3.63) is 32.7 Å². The molecule has 0 bridgehead atoms. The molecule has 3 nitrogen and oxygen atoms in total. The van der Waals surface area contributed by atoms with Gasteiger partial charge in [0.25, 0.3) is 0 Å². The fraction of sp³-hybridized carbons (Fsp3) is 0.538. The summed E-state index contributed by atoms with van der Waals surface area (Å²) in [5.41, 5.74) is 3.90. The van der Waals surface area contributed by atoms with Crippen molar-refractivity contribution in [1.82, 2.24) is 5.43 Å². The molecule has 1 unspecified atom stereocenters. The average molecular weight is 380 g/mol. The van der Waals surface area contributed by atoms with Crippen LogP contribution in [0, 0.1) is 0 Å². The molecule has 0 aliphatic rings. The van der Waals surface area contributed by atoms with Gasteiger partial charge in [0, 0.05) is 22.1 Å². The van der Waals surface area contributed by atoms with Crippen LogP contribution < -0.4 is 11.3 Å². The minimum atomic E-state index is -0.127. The first-order valence-corrected chi connectivity index (χ1v) is 7.44. The van der Waals surface area contributed by atoms with Crippen molar-refractivity contribution >= 4 is 31.9 Å². The molecule has 0 aliphatic heterocycles. The highest BCUT2D eigenvalue weighted by molar-refractivity contribution is 9.11. The van der Waals surface area contributed by atoms with E-state index < -0.39 is 0 Å². The van der Waals surface area contributed by atoms with Crippen molar-refractivity contribution < 1.29 is 4.74 Å². The SMILES string of the molecule is COC(C)(C)CCC(NN)c1cc(Br)cc(Br)c1. The van der Waals surface area contributed by atoms with Gasteiger partial charge in [-0.2, -0.15) is 0 Å². The van der Waals surface area contributed by atoms with E-state index in [-0.39, 0.29) is 11.6 Å². The molecule has 0 amide bonds. The largest absolute Gasteiger partial charge is 0.379 e. The van der Waals surface area contributed by atoms with Gasteiger partial charge in [0.1, 0.15) is 0 Å². The molecule has 0 fully saturated rings. The summed E-state index contributed by atoms with van der Waals surface area (Å²) in [7, 11) is 1.74. The summed E-state index contributed by atoms with van der Waals surface area (Å²) >= 11 is 6.98. The molecule has 1 aromatic carbocycles. The monoisotopic (exact) mass is 378 g/mol. The molecule has 0 aromatic heterocycles. The number of benzene rings is 1. The quantitative estimate of drug-likeness (QED) is 0.581. The van der Waals surface area contributed by atoms with E-state index in [1.165, 1.54) is 0 Å². The van der Waals surface area contributed by atoms with E-state index in [1.807, 2.05) is 6.07 Å². The molecular formula is C13H20Br2N2O. The Labute approximate surface area is 126 Å². The van der Waals surface area contributed by atoms with E-state index in [4.69, 9.17) is 10.6 Å². The summed E-state index contributed by atoms with van der Waals surface area (Å²) in [6, 6.07) is 6.29. The van der Waals surface area contributed by atoms with Gasteiger partial charge < -0.3 is 4.74 Å². The maximum Gasteiger partial charge on any atom is 0.0623 e. The van der Waals surface area contributed by atoms with Crippen LogP contribution in [0.4, 0.5) is 0 Å². The van der Waals surface area contributed by atoms with Crippen LogP contribution in [-0.4, -0.2) is 12.7 Å². The van der Waals surface area contributed by atoms with Crippen LogP contribution in [0.15, 0.2) is 27.1 Å². The normalized spacial score (nSPS) is 13.7. The third-order valence-electron chi connectivity index (χ3n) is 3.08. The fourth-order valence-corrected chi connectivity index (χ4v) is 3.05. The number of nitrogens with one attached hydrogen (secondary N) is 1. The smallest absolute Gasteiger partial charge is 0.0623 e. The number of hydrogen-bond donors (Lipinski definition) is 2. The number of hydrazine groups is 1. The lowest BCUT2D eigenvalue weighted by molar-refractivity contribution is 0.0117. The Hall–Kier alpha value is 0.0600. The molecule has 102 valence electrons. The van der Waals surface area contributed by atoms with Gasteiger partial charge in [-0.1, -0.05) is 31.9 Å². The van der Waals surface area contributed by atoms with Crippen LogP contribution in [0.5, 0.6) is 0 Å². The van der Waals surface area contributed by atoms with Crippen LogP contribution >= 0.6 is 31.9 Å². The Morgan fingerprint density at radius 2 is 1.83 bits per heavy atom. The molecule has 18 heavy (non-hydrogen) atoms. The molecule has 0 radical (unpaired) electrons. The predicted octanol–water partition coefficient (Wildman–Crippen LogP) is 3.92. The molecule has 0 saturated heterocycles. The standard InChI is InChI=1S/C13H20Br2N2O/c1-13(2,18-3)5-4-12(17-16)9-6-10(14)8-11(15)7-9/h6-8,12,17H,4-5,16H2,1-3H3. The molecule has 0 saturated carbocycles. The maximum absolute atomic E-state index is 5.65. The van der Waals surface area contributed by atoms with E-state index >= 15 is 0 Å². The zero-order valence-electron chi connectivity index (χ0n) is 11.0. The highest BCUT2D eigenvalue weighted by Crippen LogP contribution is 2.28. The van der Waals surface area contributed by atoms with Crippen molar-refractivity contribution in [2.75, 3.05) is 7.11 Å². The van der Waals surface area contributed by atoms with Gasteiger partial charge in [-0.05, 0) is 50.5 Å². The van der Waals surface area contributed by atoms with Gasteiger partial charge in [0.05, 0.1) is 5.60 Å². The highest BCUT2D eigenvalue weighted by Gasteiger charge is 2.20. The summed E-state index contributed by atoms with van der Waals surface area (Å²) in [5.74, 6) is 5.65. The highest BCUT2D eigenvalue weighted by atomic mass is 79.9. The van der Waals surface area contributed by atoms with Crippen LogP contribution in [0.3, 0.4) is 0 Å². The second kappa shape index (κ2) is 7.01. The molecule has 0 heterocycles. The minimum Gasteiger partial charge on any atom is -0.379 e. The van der Waals surface area contributed by atoms with Crippen molar-refractivity contribution in [2.24, 2.45) is 5.84 Å². The van der Waals surface area contributed by atoms with Gasteiger partial charge >= 0.3 is 0 Å². The lowest BCUT2D eigenvalue weighted by atomic mass is 9.95. The zero-order valence-corrected chi connectivity index (χ0v) is 14.1. The van der Waals surface area contributed by atoms with Gasteiger partial charge in [-0.25, -0.2) is 0 Å². The second-order valence-corrected chi connectivity index (χ2v) is 6.76. The molecule has 1 atom stereocenters. The third-order valence-corrected chi connectivity index (χ3v) is 3.99. The lowest BCUT2D eigenvalue weighted by Crippen LogP contribution is -2.31. The van der Waals surface area contributed by atoms with Gasteiger partial charge in [0.2, 0.25) is 0 Å². The van der Waals surface area contributed by atoms with Gasteiger partial charge in [-0.3, -0.25) is 11.3 Å². The zero-order chi connectivity index (χ0) is 13.8. The number of ether oxygens (including phenoxy) is 1. The van der Waals surface area contributed by atoms with E-state index in [0.717, 1.165) is 27.4 Å². The number of hydrogen-bond acceptors (Lipinski definition) is 3. The van der Waals surface area contributed by atoms with Crippen molar-refractivity contribution in [3.8, 4) is 0 Å². The van der Waals surface area contributed by atoms with Crippen LogP contribution in [0.1, 0.15) is 38.3 Å². The van der Waals surface area contributed by atoms with Crippen molar-refractivity contribution in [1.29, 1.82) is 0 Å². The Morgan fingerprint density at radius 1 is 1.28 bits per heavy atom. The summed E-state index contributed by atoms with van der Waals surface area (Å²) in [5, 5.41) is 0. The number of nitrogens with two attached hydrogens (primary N) is 1. The number of halogens is 2. The van der Waals surface area contributed by atoms with Crippen molar-refractivity contribution in [2.45, 2.75) is 38.3 Å². The molecule has 1 aromatic rings. The lowest BCUT2D eigenvalue weighted by Gasteiger charge is -2.26. The van der Waals surface area contributed by atoms with Crippen LogP contribution in [0.25, 0.3) is 0 Å². The number of methoxy groups -OCH3 is 1. The van der Waals surface area contributed by atoms with E-state index in [9.17, 15) is 0 Å². The summed E-state index contributed by atoms with van der Waals surface area (Å²) < 4.78 is 7.51. The molecule has 5 heteroatoms. The Morgan fingerprint density at radius 3 is 2.28 bits per heavy atom. The van der Waals surface area contributed by atoms with Crippen LogP contribution in [0.2, 0.25) is 0 Å². The summed E-state index contributed by atoms with van der Waals surface area (Å²) in [6.07, 6.45) is 1.85. The third kappa shape index (κ3) is 4.97. The molecule has 0 spiro atoms. The first-order valence-electron chi connectivity index (χ1n) is 5.85. The van der Waals surface area contributed by atoms with E-state index in [2.05, 4.69) is 63.3 Å². The molecule has 0 aliphatic carbocycles. The summed E-state index contributed by atoms with van der Waals surface area (Å²) in [4.78, 5) is 0. The van der Waals surface area contributed by atoms with Crippen LogP contribution in [-0.2, 0) is 4.74 Å². The Bertz CT molecular complexity index is 376. The van der Waals surface area contributed by atoms with Crippen molar-refractivity contribution in [3.63, 3.8) is 0 Å². The van der Waals surface area contributed by atoms with Gasteiger partial charge in [-0.15, -0.1) is 0 Å². The molecule has 3 N–H and O–H groups in total. The first kappa shape index (κ1) is 16.1. The van der Waals surface area contributed by atoms with E-state index in [1.54, 1.807) is 7.11 Å². The van der Waals surface area contributed by atoms with Gasteiger partial charge in [0.15, 0.2) is 0 Å². The fourth-order valence-electron chi connectivity index (χ4n) is 1.72. The second-order valence-electron chi connectivity index (χ2n) is 4.92. The summed E-state index contributed by atoms with van der Waals surface area (Å²) in [6.45, 7) is 4.16. The topological polar surface area (TPSA) is 47.3 Å². The maximum atomic E-state index is 5.65. The minimum absolute atomic E-state index is 0.119. The number of rotatable bonds is 6. The molecular weight excluding hydrogens is 360 g/mol. The van der Waals surface area contributed by atoms with E-state index in [0.29, 0.717) is 0 Å². The first-order chi connectivity index (χ1) is 8.38. The average Bonchev–Trinajstić information content (AvgIpc) is 2.28.